The number of hydrogen-bond donors (Lipinski definition) is 1. The lowest BCUT2D eigenvalue weighted by atomic mass is 10.1. The summed E-state index contributed by atoms with van der Waals surface area (Å²) in [5, 5.41) is 9.23. The Bertz CT molecular complexity index is 673. The molecule has 2 heterocycles. The van der Waals surface area contributed by atoms with Gasteiger partial charge in [-0.05, 0) is 18.2 Å². The zero-order valence-corrected chi connectivity index (χ0v) is 11.7. The van der Waals surface area contributed by atoms with Gasteiger partial charge >= 0.3 is 0 Å². The number of hydrogen-bond acceptors (Lipinski definition) is 3. The average molecular weight is 307 g/mol. The molecule has 5 nitrogen and oxygen atoms in total. The van der Waals surface area contributed by atoms with E-state index in [1.807, 2.05) is 0 Å². The molecule has 1 aliphatic rings. The van der Waals surface area contributed by atoms with Crippen LogP contribution in [0.25, 0.3) is 5.69 Å². The van der Waals surface area contributed by atoms with Gasteiger partial charge in [0.1, 0.15) is 0 Å². The highest BCUT2D eigenvalue weighted by Gasteiger charge is 2.46. The second kappa shape index (κ2) is 5.49. The van der Waals surface area contributed by atoms with Crippen LogP contribution in [0.4, 0.5) is 8.78 Å². The van der Waals surface area contributed by atoms with Crippen molar-refractivity contribution in [3.63, 3.8) is 0 Å². The van der Waals surface area contributed by atoms with Crippen LogP contribution < -0.4 is 0 Å². The number of aromatic nitrogens is 2. The normalized spacial score (nSPS) is 20.3. The van der Waals surface area contributed by atoms with Crippen LogP contribution in [0.3, 0.4) is 0 Å². The number of alkyl halides is 2. The van der Waals surface area contributed by atoms with Crippen LogP contribution in [0.5, 0.6) is 0 Å². The maximum atomic E-state index is 13.5. The number of halogens is 2. The lowest BCUT2D eigenvalue weighted by Gasteiger charge is -2.22. The van der Waals surface area contributed by atoms with E-state index in [1.54, 1.807) is 47.6 Å². The van der Waals surface area contributed by atoms with Gasteiger partial charge in [-0.1, -0.05) is 6.07 Å². The molecule has 1 aromatic carbocycles. The number of carbonyl (C=O) groups is 1. The predicted octanol–water partition coefficient (Wildman–Crippen LogP) is 1.71. The van der Waals surface area contributed by atoms with E-state index in [0.717, 1.165) is 10.6 Å². The van der Waals surface area contributed by atoms with Crippen molar-refractivity contribution >= 4 is 5.91 Å². The van der Waals surface area contributed by atoms with Gasteiger partial charge in [-0.15, -0.1) is 0 Å². The van der Waals surface area contributed by atoms with Crippen LogP contribution >= 0.6 is 0 Å². The number of rotatable bonds is 3. The fourth-order valence-electron chi connectivity index (χ4n) is 2.68. The number of aliphatic hydroxyl groups excluding tert-OH is 1. The highest BCUT2D eigenvalue weighted by molar-refractivity contribution is 5.95. The van der Waals surface area contributed by atoms with Gasteiger partial charge in [0.2, 0.25) is 0 Å². The third-order valence-electron chi connectivity index (χ3n) is 3.74. The Kier molecular flexibility index (Phi) is 3.66. The quantitative estimate of drug-likeness (QED) is 0.939. The summed E-state index contributed by atoms with van der Waals surface area (Å²) in [5.74, 6) is -3.46. The lowest BCUT2D eigenvalue weighted by molar-refractivity contribution is 0.0116. The molecular weight excluding hydrogens is 292 g/mol. The Morgan fingerprint density at radius 3 is 2.95 bits per heavy atom. The first-order chi connectivity index (χ1) is 10.5. The van der Waals surface area contributed by atoms with E-state index < -0.39 is 37.4 Å². The molecule has 0 bridgehead atoms. The summed E-state index contributed by atoms with van der Waals surface area (Å²) in [5.41, 5.74) is 1.03. The highest BCUT2D eigenvalue weighted by atomic mass is 19.3. The lowest BCUT2D eigenvalue weighted by Crippen LogP contribution is -2.38. The van der Waals surface area contributed by atoms with E-state index in [4.69, 9.17) is 0 Å². The molecule has 22 heavy (non-hydrogen) atoms. The number of carbonyl (C=O) groups excluding carboxylic acids is 1. The van der Waals surface area contributed by atoms with E-state index in [-0.39, 0.29) is 0 Å². The Hall–Kier alpha value is -2.28. The standard InChI is InChI=1S/C15H15F2N3O2/c16-15(17)7-13(8-21)20(9-15)14(22)11-2-1-3-12(6-11)19-5-4-18-10-19/h1-6,10,13,21H,7-9H2. The minimum Gasteiger partial charge on any atom is -0.394 e. The Balaban J connectivity index is 1.88. The predicted molar refractivity (Wildman–Crippen MR) is 75.0 cm³/mol. The summed E-state index contributed by atoms with van der Waals surface area (Å²) >= 11 is 0. The molecule has 1 amide bonds. The van der Waals surface area contributed by atoms with E-state index in [1.165, 1.54) is 0 Å². The van der Waals surface area contributed by atoms with Gasteiger partial charge < -0.3 is 14.6 Å². The Morgan fingerprint density at radius 1 is 1.45 bits per heavy atom. The molecular formula is C15H15F2N3O2. The van der Waals surface area contributed by atoms with Gasteiger partial charge in [-0.25, -0.2) is 13.8 Å². The summed E-state index contributed by atoms with van der Waals surface area (Å²) in [4.78, 5) is 17.5. The van der Waals surface area contributed by atoms with Crippen LogP contribution in [0.1, 0.15) is 16.8 Å². The molecule has 1 N–H and O–H groups in total. The van der Waals surface area contributed by atoms with Gasteiger partial charge in [0, 0.05) is 30.1 Å². The second-order valence-electron chi connectivity index (χ2n) is 5.35. The summed E-state index contributed by atoms with van der Waals surface area (Å²) in [7, 11) is 0. The average Bonchev–Trinajstić information content (AvgIpc) is 3.14. The molecule has 3 rings (SSSR count). The van der Waals surface area contributed by atoms with E-state index in [2.05, 4.69) is 4.98 Å². The number of nitrogens with zero attached hydrogens (tertiary/aromatic N) is 3. The summed E-state index contributed by atoms with van der Waals surface area (Å²) < 4.78 is 28.7. The van der Waals surface area contributed by atoms with Crippen LogP contribution in [0.15, 0.2) is 43.0 Å². The van der Waals surface area contributed by atoms with Crippen LogP contribution in [0, 0.1) is 0 Å². The molecule has 0 radical (unpaired) electrons. The number of benzene rings is 1. The zero-order valence-electron chi connectivity index (χ0n) is 11.7. The third kappa shape index (κ3) is 2.71. The molecule has 1 aliphatic heterocycles. The van der Waals surface area contributed by atoms with E-state index >= 15 is 0 Å². The van der Waals surface area contributed by atoms with Crippen molar-refractivity contribution < 1.29 is 18.7 Å². The van der Waals surface area contributed by atoms with Crippen molar-refractivity contribution in [2.45, 2.75) is 18.4 Å². The number of imidazole rings is 1. The Labute approximate surface area is 125 Å². The molecule has 1 fully saturated rings. The molecule has 0 saturated carbocycles. The summed E-state index contributed by atoms with van der Waals surface area (Å²) in [6.45, 7) is -1.13. The monoisotopic (exact) mass is 307 g/mol. The van der Waals surface area contributed by atoms with Crippen LogP contribution in [-0.4, -0.2) is 50.6 Å². The maximum absolute atomic E-state index is 13.5. The minimum absolute atomic E-state index is 0.308. The van der Waals surface area contributed by atoms with E-state index in [9.17, 15) is 18.7 Å². The topological polar surface area (TPSA) is 58.4 Å². The molecule has 7 heteroatoms. The number of aliphatic hydroxyl groups is 1. The molecule has 1 unspecified atom stereocenters. The molecule has 1 atom stereocenters. The molecule has 116 valence electrons. The molecule has 0 aliphatic carbocycles. The first-order valence-electron chi connectivity index (χ1n) is 6.88. The van der Waals surface area contributed by atoms with Crippen molar-refractivity contribution in [2.24, 2.45) is 0 Å². The summed E-state index contributed by atoms with van der Waals surface area (Å²) in [6.07, 6.45) is 4.42. The second-order valence-corrected chi connectivity index (χ2v) is 5.35. The fraction of sp³-hybridized carbons (Fsp3) is 0.333. The van der Waals surface area contributed by atoms with Gasteiger partial charge in [-0.2, -0.15) is 0 Å². The highest BCUT2D eigenvalue weighted by Crippen LogP contribution is 2.32. The van der Waals surface area contributed by atoms with Crippen molar-refractivity contribution in [3.8, 4) is 5.69 Å². The molecule has 2 aromatic rings. The first kappa shape index (κ1) is 14.6. The van der Waals surface area contributed by atoms with Gasteiger partial charge in [0.05, 0.1) is 25.5 Å². The zero-order chi connectivity index (χ0) is 15.7. The molecule has 1 saturated heterocycles. The SMILES string of the molecule is O=C(c1cccc(-n2ccnc2)c1)N1CC(F)(F)CC1CO. The van der Waals surface area contributed by atoms with Gasteiger partial charge in [0.15, 0.2) is 0 Å². The van der Waals surface area contributed by atoms with Crippen LogP contribution in [0.2, 0.25) is 0 Å². The third-order valence-corrected chi connectivity index (χ3v) is 3.74. The van der Waals surface area contributed by atoms with Gasteiger partial charge in [0.25, 0.3) is 11.8 Å². The van der Waals surface area contributed by atoms with Crippen LogP contribution in [-0.2, 0) is 0 Å². The van der Waals surface area contributed by atoms with Gasteiger partial charge in [-0.3, -0.25) is 4.79 Å². The first-order valence-corrected chi connectivity index (χ1v) is 6.88. The summed E-state index contributed by atoms with van der Waals surface area (Å²) in [6, 6.07) is 5.83. The van der Waals surface area contributed by atoms with Crippen molar-refractivity contribution in [3.05, 3.63) is 48.5 Å². The van der Waals surface area contributed by atoms with Crippen molar-refractivity contribution in [1.29, 1.82) is 0 Å². The smallest absolute Gasteiger partial charge is 0.267 e. The largest absolute Gasteiger partial charge is 0.394 e. The fourth-order valence-corrected chi connectivity index (χ4v) is 2.68. The maximum Gasteiger partial charge on any atom is 0.267 e. The Morgan fingerprint density at radius 2 is 2.27 bits per heavy atom. The number of amides is 1. The molecule has 1 aromatic heterocycles. The molecule has 0 spiro atoms. The van der Waals surface area contributed by atoms with Crippen molar-refractivity contribution in [1.82, 2.24) is 14.5 Å². The number of likely N-dealkylation sites (tertiary alicyclic amines) is 1. The minimum atomic E-state index is -2.95. The van der Waals surface area contributed by atoms with E-state index in [0.29, 0.717) is 5.56 Å². The van der Waals surface area contributed by atoms with Crippen molar-refractivity contribution in [2.75, 3.05) is 13.2 Å².